The molecule has 174 valence electrons. The maximum absolute atomic E-state index is 12.0. The van der Waals surface area contributed by atoms with Crippen LogP contribution >= 0.6 is 11.6 Å². The van der Waals surface area contributed by atoms with Gasteiger partial charge in [0.25, 0.3) is 0 Å². The van der Waals surface area contributed by atoms with E-state index in [0.717, 1.165) is 63.0 Å². The van der Waals surface area contributed by atoms with Crippen molar-refractivity contribution in [2.75, 3.05) is 25.0 Å². The summed E-state index contributed by atoms with van der Waals surface area (Å²) in [4.78, 5) is 14.5. The van der Waals surface area contributed by atoms with E-state index >= 15 is 0 Å². The van der Waals surface area contributed by atoms with E-state index in [0.29, 0.717) is 10.9 Å². The van der Waals surface area contributed by atoms with Gasteiger partial charge in [-0.1, -0.05) is 62.6 Å². The summed E-state index contributed by atoms with van der Waals surface area (Å²) >= 11 is 5.91. The van der Waals surface area contributed by atoms with Crippen LogP contribution in [0.25, 0.3) is 0 Å². The molecule has 32 heavy (non-hydrogen) atoms. The van der Waals surface area contributed by atoms with Crippen molar-refractivity contribution in [3.63, 3.8) is 0 Å². The normalized spacial score (nSPS) is 16.3. The zero-order chi connectivity index (χ0) is 22.9. The van der Waals surface area contributed by atoms with Gasteiger partial charge in [-0.15, -0.1) is 0 Å². The van der Waals surface area contributed by atoms with Crippen molar-refractivity contribution in [3.8, 4) is 0 Å². The van der Waals surface area contributed by atoms with Crippen LogP contribution < -0.4 is 5.32 Å². The standard InChI is InChI=1S/C27H37ClN2O2/c1-20(2)27(32)29-25-8-6-7-23(19-25)21-14-17-30(18-15-21)16-5-3-4-9-26(31)22-10-12-24(28)13-11-22/h6-8,10-13,19-21,26,31H,3-5,9,14-18H2,1-2H3,(H,29,32). The highest BCUT2D eigenvalue weighted by Gasteiger charge is 2.21. The van der Waals surface area contributed by atoms with E-state index in [9.17, 15) is 9.90 Å². The molecule has 0 aromatic heterocycles. The molecular formula is C27H37ClN2O2. The van der Waals surface area contributed by atoms with Crippen LogP contribution in [0, 0.1) is 5.92 Å². The fourth-order valence-corrected chi connectivity index (χ4v) is 4.47. The lowest BCUT2D eigenvalue weighted by Crippen LogP contribution is -2.33. The lowest BCUT2D eigenvalue weighted by molar-refractivity contribution is -0.118. The molecule has 2 aromatic rings. The average Bonchev–Trinajstić information content (AvgIpc) is 2.79. The van der Waals surface area contributed by atoms with Gasteiger partial charge in [-0.3, -0.25) is 4.79 Å². The van der Waals surface area contributed by atoms with Gasteiger partial charge in [0.1, 0.15) is 0 Å². The van der Waals surface area contributed by atoms with Gasteiger partial charge in [-0.2, -0.15) is 0 Å². The Kier molecular flexibility index (Phi) is 9.58. The Bertz CT molecular complexity index is 845. The molecule has 0 saturated carbocycles. The number of hydrogen-bond acceptors (Lipinski definition) is 3. The molecule has 2 N–H and O–H groups in total. The van der Waals surface area contributed by atoms with Crippen molar-refractivity contribution in [2.24, 2.45) is 5.92 Å². The topological polar surface area (TPSA) is 52.6 Å². The number of rotatable bonds is 10. The van der Waals surface area contributed by atoms with Crippen molar-refractivity contribution in [2.45, 2.75) is 64.4 Å². The molecular weight excluding hydrogens is 420 g/mol. The monoisotopic (exact) mass is 456 g/mol. The molecule has 0 bridgehead atoms. The summed E-state index contributed by atoms with van der Waals surface area (Å²) in [6, 6.07) is 15.8. The highest BCUT2D eigenvalue weighted by atomic mass is 35.5. The van der Waals surface area contributed by atoms with Gasteiger partial charge >= 0.3 is 0 Å². The van der Waals surface area contributed by atoms with Gasteiger partial charge in [-0.05, 0) is 86.6 Å². The van der Waals surface area contributed by atoms with Crippen molar-refractivity contribution >= 4 is 23.2 Å². The smallest absolute Gasteiger partial charge is 0.226 e. The van der Waals surface area contributed by atoms with Gasteiger partial charge in [-0.25, -0.2) is 0 Å². The van der Waals surface area contributed by atoms with Crippen LogP contribution in [0.4, 0.5) is 5.69 Å². The van der Waals surface area contributed by atoms with Gasteiger partial charge in [0.15, 0.2) is 0 Å². The molecule has 1 fully saturated rings. The minimum absolute atomic E-state index is 0.0115. The SMILES string of the molecule is CC(C)C(=O)Nc1cccc(C2CCN(CCCCCC(O)c3ccc(Cl)cc3)CC2)c1. The third kappa shape index (κ3) is 7.61. The van der Waals surface area contributed by atoms with Gasteiger partial charge in [0, 0.05) is 16.6 Å². The molecule has 0 radical (unpaired) electrons. The molecule has 5 heteroatoms. The number of benzene rings is 2. The van der Waals surface area contributed by atoms with E-state index in [-0.39, 0.29) is 11.8 Å². The zero-order valence-corrected chi connectivity index (χ0v) is 20.2. The van der Waals surface area contributed by atoms with E-state index in [1.165, 1.54) is 12.0 Å². The molecule has 2 aromatic carbocycles. The largest absolute Gasteiger partial charge is 0.388 e. The fourth-order valence-electron chi connectivity index (χ4n) is 4.35. The van der Waals surface area contributed by atoms with Crippen molar-refractivity contribution in [1.29, 1.82) is 0 Å². The molecule has 1 atom stereocenters. The number of anilines is 1. The quantitative estimate of drug-likeness (QED) is 0.406. The summed E-state index contributed by atoms with van der Waals surface area (Å²) in [5.74, 6) is 0.622. The first kappa shape index (κ1) is 24.8. The Balaban J connectivity index is 1.34. The molecule has 4 nitrogen and oxygen atoms in total. The summed E-state index contributed by atoms with van der Waals surface area (Å²) in [5.41, 5.74) is 3.19. The molecule has 0 spiro atoms. The number of halogens is 1. The summed E-state index contributed by atoms with van der Waals surface area (Å²) in [5, 5.41) is 14.0. The number of hydrogen-bond donors (Lipinski definition) is 2. The summed E-state index contributed by atoms with van der Waals surface area (Å²) in [6.45, 7) is 7.21. The van der Waals surface area contributed by atoms with Crippen LogP contribution in [0.1, 0.15) is 75.5 Å². The number of carbonyl (C=O) groups excluding carboxylic acids is 1. The first-order chi connectivity index (χ1) is 15.4. The molecule has 0 aliphatic carbocycles. The summed E-state index contributed by atoms with van der Waals surface area (Å²) in [7, 11) is 0. The van der Waals surface area contributed by atoms with Crippen molar-refractivity contribution in [3.05, 3.63) is 64.7 Å². The van der Waals surface area contributed by atoms with E-state index < -0.39 is 6.10 Å². The Morgan fingerprint density at radius 3 is 2.50 bits per heavy atom. The van der Waals surface area contributed by atoms with E-state index in [1.54, 1.807) is 0 Å². The second-order valence-electron chi connectivity index (χ2n) is 9.30. The lowest BCUT2D eigenvalue weighted by Gasteiger charge is -2.32. The van der Waals surface area contributed by atoms with Crippen LogP contribution in [0.5, 0.6) is 0 Å². The third-order valence-electron chi connectivity index (χ3n) is 6.44. The first-order valence-electron chi connectivity index (χ1n) is 12.0. The second kappa shape index (κ2) is 12.4. The van der Waals surface area contributed by atoms with Gasteiger partial charge in [0.2, 0.25) is 5.91 Å². The van der Waals surface area contributed by atoms with Crippen molar-refractivity contribution in [1.82, 2.24) is 4.90 Å². The maximum Gasteiger partial charge on any atom is 0.226 e. The number of aliphatic hydroxyl groups excluding tert-OH is 1. The molecule has 3 rings (SSSR count). The predicted molar refractivity (Wildman–Crippen MR) is 133 cm³/mol. The van der Waals surface area contributed by atoms with Gasteiger partial charge < -0.3 is 15.3 Å². The minimum Gasteiger partial charge on any atom is -0.388 e. The van der Waals surface area contributed by atoms with Crippen molar-refractivity contribution < 1.29 is 9.90 Å². The first-order valence-corrected chi connectivity index (χ1v) is 12.4. The van der Waals surface area contributed by atoms with Crippen LogP contribution in [0.2, 0.25) is 5.02 Å². The highest BCUT2D eigenvalue weighted by molar-refractivity contribution is 6.30. The molecule has 1 unspecified atom stereocenters. The zero-order valence-electron chi connectivity index (χ0n) is 19.4. The number of likely N-dealkylation sites (tertiary alicyclic amines) is 1. The summed E-state index contributed by atoms with van der Waals surface area (Å²) < 4.78 is 0. The number of amides is 1. The lowest BCUT2D eigenvalue weighted by atomic mass is 9.89. The molecule has 1 saturated heterocycles. The number of nitrogens with zero attached hydrogens (tertiary/aromatic N) is 1. The third-order valence-corrected chi connectivity index (χ3v) is 6.70. The Labute approximate surface area is 198 Å². The van der Waals surface area contributed by atoms with Crippen LogP contribution in [0.3, 0.4) is 0 Å². The van der Waals surface area contributed by atoms with Gasteiger partial charge in [0.05, 0.1) is 6.10 Å². The van der Waals surface area contributed by atoms with Crippen LogP contribution in [-0.4, -0.2) is 35.5 Å². The number of piperidine rings is 1. The fraction of sp³-hybridized carbons (Fsp3) is 0.519. The predicted octanol–water partition coefficient (Wildman–Crippen LogP) is 6.41. The molecule has 1 aliphatic heterocycles. The number of unbranched alkanes of at least 4 members (excludes halogenated alkanes) is 2. The Morgan fingerprint density at radius 2 is 1.81 bits per heavy atom. The van der Waals surface area contributed by atoms with E-state index in [4.69, 9.17) is 11.6 Å². The maximum atomic E-state index is 12.0. The van der Waals surface area contributed by atoms with Crippen LogP contribution in [-0.2, 0) is 4.79 Å². The summed E-state index contributed by atoms with van der Waals surface area (Å²) in [6.07, 6.45) is 6.08. The molecule has 1 heterocycles. The minimum atomic E-state index is -0.399. The average molecular weight is 457 g/mol. The Hall–Kier alpha value is -1.88. The number of carbonyl (C=O) groups is 1. The van der Waals surface area contributed by atoms with E-state index in [2.05, 4.69) is 28.4 Å². The number of aliphatic hydroxyl groups is 1. The highest BCUT2D eigenvalue weighted by Crippen LogP contribution is 2.30. The van der Waals surface area contributed by atoms with E-state index in [1.807, 2.05) is 44.2 Å². The molecule has 1 amide bonds. The van der Waals surface area contributed by atoms with Crippen LogP contribution in [0.15, 0.2) is 48.5 Å². The number of nitrogens with one attached hydrogen (secondary N) is 1. The second-order valence-corrected chi connectivity index (χ2v) is 9.74. The Morgan fingerprint density at radius 1 is 1.09 bits per heavy atom. The molecule has 1 aliphatic rings.